The van der Waals surface area contributed by atoms with Crippen LogP contribution in [0.2, 0.25) is 0 Å². The number of ketones is 1. The molecule has 3 aromatic rings. The predicted molar refractivity (Wildman–Crippen MR) is 162 cm³/mol. The number of anilines is 1. The Morgan fingerprint density at radius 1 is 1.02 bits per heavy atom. The van der Waals surface area contributed by atoms with Gasteiger partial charge in [0.25, 0.3) is 5.91 Å². The molecule has 0 atom stereocenters. The minimum absolute atomic E-state index is 0.00160. The van der Waals surface area contributed by atoms with Crippen molar-refractivity contribution in [3.63, 3.8) is 0 Å². The number of amides is 1. The second-order valence-electron chi connectivity index (χ2n) is 12.9. The standard InChI is InChI=1S/C34H44N4O2/c1-23-22-27(33(40)38-20-16-29-32(36-24(2)35-29)28-8-6-7-9-30(28)38)11-10-25(23)12-13-31(39)26-14-18-37(19-15-26)21-17-34(3,4)5/h6-11,22,26H,12-21H2,1-5H3,(H,35,36). The van der Waals surface area contributed by atoms with Crippen LogP contribution in [-0.2, 0) is 17.6 Å². The van der Waals surface area contributed by atoms with Crippen LogP contribution < -0.4 is 4.90 Å². The number of rotatable bonds is 7. The maximum atomic E-state index is 13.8. The van der Waals surface area contributed by atoms with E-state index >= 15 is 0 Å². The summed E-state index contributed by atoms with van der Waals surface area (Å²) < 4.78 is 0. The zero-order chi connectivity index (χ0) is 28.4. The molecular weight excluding hydrogens is 496 g/mol. The normalized spacial score (nSPS) is 16.4. The molecule has 0 bridgehead atoms. The fraction of sp³-hybridized carbons (Fsp3) is 0.500. The smallest absolute Gasteiger partial charge is 0.258 e. The predicted octanol–water partition coefficient (Wildman–Crippen LogP) is 6.55. The molecule has 1 saturated heterocycles. The van der Waals surface area contributed by atoms with E-state index in [2.05, 4.69) is 37.6 Å². The quantitative estimate of drug-likeness (QED) is 0.369. The number of piperidine rings is 1. The van der Waals surface area contributed by atoms with E-state index in [1.807, 2.05) is 54.3 Å². The molecule has 0 radical (unpaired) electrons. The minimum Gasteiger partial charge on any atom is -0.346 e. The van der Waals surface area contributed by atoms with Gasteiger partial charge in [-0.2, -0.15) is 0 Å². The topological polar surface area (TPSA) is 69.3 Å². The number of carbonyl (C=O) groups excluding carboxylic acids is 2. The van der Waals surface area contributed by atoms with Gasteiger partial charge in [0, 0.05) is 42.1 Å². The van der Waals surface area contributed by atoms with E-state index in [4.69, 9.17) is 4.98 Å². The van der Waals surface area contributed by atoms with Crippen molar-refractivity contribution < 1.29 is 9.59 Å². The van der Waals surface area contributed by atoms with E-state index < -0.39 is 0 Å². The van der Waals surface area contributed by atoms with Crippen LogP contribution in [0.5, 0.6) is 0 Å². The van der Waals surface area contributed by atoms with Gasteiger partial charge < -0.3 is 14.8 Å². The lowest BCUT2D eigenvalue weighted by atomic mass is 9.87. The monoisotopic (exact) mass is 540 g/mol. The van der Waals surface area contributed by atoms with Crippen molar-refractivity contribution in [1.29, 1.82) is 0 Å². The Morgan fingerprint density at radius 3 is 2.50 bits per heavy atom. The number of Topliss-reactive ketones (excluding diaryl/α,β-unsaturated/α-hetero) is 1. The number of aryl methyl sites for hydroxylation is 3. The summed E-state index contributed by atoms with van der Waals surface area (Å²) in [6, 6.07) is 14.0. The summed E-state index contributed by atoms with van der Waals surface area (Å²) >= 11 is 0. The van der Waals surface area contributed by atoms with E-state index in [-0.39, 0.29) is 11.8 Å². The number of para-hydroxylation sites is 1. The van der Waals surface area contributed by atoms with Crippen LogP contribution in [0, 0.1) is 25.2 Å². The first kappa shape index (κ1) is 28.3. The first-order valence-electron chi connectivity index (χ1n) is 14.9. The summed E-state index contributed by atoms with van der Waals surface area (Å²) in [4.78, 5) is 39.3. The maximum Gasteiger partial charge on any atom is 0.258 e. The third-order valence-electron chi connectivity index (χ3n) is 8.63. The summed E-state index contributed by atoms with van der Waals surface area (Å²) in [5.74, 6) is 1.47. The molecule has 3 heterocycles. The Labute approximate surface area is 239 Å². The number of carbonyl (C=O) groups is 2. The molecule has 2 aliphatic heterocycles. The molecule has 0 spiro atoms. The van der Waals surface area contributed by atoms with E-state index in [0.29, 0.717) is 29.7 Å². The maximum absolute atomic E-state index is 13.8. The van der Waals surface area contributed by atoms with Gasteiger partial charge in [0.15, 0.2) is 0 Å². The van der Waals surface area contributed by atoms with Gasteiger partial charge in [-0.25, -0.2) is 4.98 Å². The molecule has 6 heteroatoms. The SMILES string of the molecule is Cc1nc2c([nH]1)CCN(C(=O)c1ccc(CCC(=O)C3CCN(CCC(C)(C)C)CC3)c(C)c1)c1ccccc1-2. The van der Waals surface area contributed by atoms with Crippen molar-refractivity contribution in [3.8, 4) is 11.3 Å². The molecule has 0 unspecified atom stereocenters. The summed E-state index contributed by atoms with van der Waals surface area (Å²) in [5, 5.41) is 0. The molecule has 1 aromatic heterocycles. The van der Waals surface area contributed by atoms with E-state index in [9.17, 15) is 9.59 Å². The van der Waals surface area contributed by atoms with Gasteiger partial charge in [0.1, 0.15) is 11.6 Å². The van der Waals surface area contributed by atoms with Crippen molar-refractivity contribution in [3.05, 3.63) is 70.7 Å². The first-order chi connectivity index (χ1) is 19.1. The van der Waals surface area contributed by atoms with E-state index in [1.54, 1.807) is 0 Å². The zero-order valence-electron chi connectivity index (χ0n) is 24.8. The average molecular weight is 541 g/mol. The fourth-order valence-corrected chi connectivity index (χ4v) is 6.11. The number of hydrogen-bond acceptors (Lipinski definition) is 4. The minimum atomic E-state index is -0.00160. The number of aromatic nitrogens is 2. The highest BCUT2D eigenvalue weighted by atomic mass is 16.2. The molecule has 1 fully saturated rings. The van der Waals surface area contributed by atoms with Crippen LogP contribution in [0.3, 0.4) is 0 Å². The Morgan fingerprint density at radius 2 is 1.77 bits per heavy atom. The molecule has 1 N–H and O–H groups in total. The summed E-state index contributed by atoms with van der Waals surface area (Å²) in [7, 11) is 0. The van der Waals surface area contributed by atoms with Gasteiger partial charge in [-0.05, 0) is 93.9 Å². The lowest BCUT2D eigenvalue weighted by molar-refractivity contribution is -0.124. The third-order valence-corrected chi connectivity index (χ3v) is 8.63. The van der Waals surface area contributed by atoms with Crippen molar-refractivity contribution in [2.75, 3.05) is 31.1 Å². The molecule has 2 aromatic carbocycles. The first-order valence-corrected chi connectivity index (χ1v) is 14.9. The highest BCUT2D eigenvalue weighted by Gasteiger charge is 2.28. The van der Waals surface area contributed by atoms with Gasteiger partial charge >= 0.3 is 0 Å². The van der Waals surface area contributed by atoms with Gasteiger partial charge in [0.05, 0.1) is 11.4 Å². The number of likely N-dealkylation sites (tertiary alicyclic amines) is 1. The van der Waals surface area contributed by atoms with E-state index in [1.165, 1.54) is 6.42 Å². The van der Waals surface area contributed by atoms with Crippen molar-refractivity contribution >= 4 is 17.4 Å². The molecule has 2 aliphatic rings. The molecule has 40 heavy (non-hydrogen) atoms. The second-order valence-corrected chi connectivity index (χ2v) is 12.9. The Kier molecular flexibility index (Phi) is 8.27. The average Bonchev–Trinajstić information content (AvgIpc) is 3.24. The number of H-pyrrole nitrogens is 1. The lowest BCUT2D eigenvalue weighted by Crippen LogP contribution is -2.38. The van der Waals surface area contributed by atoms with Crippen LogP contribution in [0.4, 0.5) is 5.69 Å². The molecule has 1 amide bonds. The molecule has 212 valence electrons. The number of imidazole rings is 1. The molecule has 0 saturated carbocycles. The summed E-state index contributed by atoms with van der Waals surface area (Å²) in [6.45, 7) is 14.7. The van der Waals surface area contributed by atoms with Gasteiger partial charge in [-0.1, -0.05) is 45.0 Å². The Hall–Kier alpha value is -3.25. The third kappa shape index (κ3) is 6.38. The van der Waals surface area contributed by atoms with Crippen molar-refractivity contribution in [1.82, 2.24) is 14.9 Å². The summed E-state index contributed by atoms with van der Waals surface area (Å²) in [5.41, 5.74) is 7.15. The second kappa shape index (κ2) is 11.7. The molecular formula is C34H44N4O2. The Balaban J connectivity index is 1.20. The van der Waals surface area contributed by atoms with E-state index in [0.717, 1.165) is 84.9 Å². The summed E-state index contributed by atoms with van der Waals surface area (Å²) in [6.07, 6.45) is 5.18. The van der Waals surface area contributed by atoms with Crippen LogP contribution in [0.25, 0.3) is 11.3 Å². The number of nitrogens with zero attached hydrogens (tertiary/aromatic N) is 3. The molecule has 5 rings (SSSR count). The molecule has 0 aliphatic carbocycles. The highest BCUT2D eigenvalue weighted by molar-refractivity contribution is 6.08. The van der Waals surface area contributed by atoms with Gasteiger partial charge in [0.2, 0.25) is 0 Å². The Bertz CT molecular complexity index is 1370. The van der Waals surface area contributed by atoms with Crippen LogP contribution >= 0.6 is 0 Å². The molecule has 6 nitrogen and oxygen atoms in total. The number of aromatic amines is 1. The highest BCUT2D eigenvalue weighted by Crippen LogP contribution is 2.36. The lowest BCUT2D eigenvalue weighted by Gasteiger charge is -2.33. The number of nitrogens with one attached hydrogen (secondary N) is 1. The fourth-order valence-electron chi connectivity index (χ4n) is 6.11. The largest absolute Gasteiger partial charge is 0.346 e. The number of hydrogen-bond donors (Lipinski definition) is 1. The van der Waals surface area contributed by atoms with Crippen molar-refractivity contribution in [2.45, 2.75) is 73.1 Å². The van der Waals surface area contributed by atoms with Crippen molar-refractivity contribution in [2.24, 2.45) is 11.3 Å². The zero-order valence-corrected chi connectivity index (χ0v) is 24.8. The number of benzene rings is 2. The van der Waals surface area contributed by atoms with Crippen LogP contribution in [0.1, 0.15) is 79.5 Å². The van der Waals surface area contributed by atoms with Gasteiger partial charge in [-0.3, -0.25) is 9.59 Å². The van der Waals surface area contributed by atoms with Crippen LogP contribution in [0.15, 0.2) is 42.5 Å². The van der Waals surface area contributed by atoms with Gasteiger partial charge in [-0.15, -0.1) is 0 Å². The number of fused-ring (bicyclic) bond motifs is 3. The van der Waals surface area contributed by atoms with Crippen LogP contribution in [-0.4, -0.2) is 52.7 Å².